The van der Waals surface area contributed by atoms with Gasteiger partial charge in [0.15, 0.2) is 5.12 Å². The fourth-order valence-corrected chi connectivity index (χ4v) is 3.15. The summed E-state index contributed by atoms with van der Waals surface area (Å²) in [6.45, 7) is 9.35. The Morgan fingerprint density at radius 2 is 1.88 bits per heavy atom. The summed E-state index contributed by atoms with van der Waals surface area (Å²) in [5.41, 5.74) is 0.171. The molecule has 1 aromatic carbocycles. The molecule has 7 heteroatoms. The normalized spacial score (nSPS) is 19.6. The van der Waals surface area contributed by atoms with E-state index in [2.05, 4.69) is 15.9 Å². The van der Waals surface area contributed by atoms with E-state index < -0.39 is 18.3 Å². The van der Waals surface area contributed by atoms with E-state index in [1.54, 1.807) is 18.2 Å². The Labute approximate surface area is 155 Å². The van der Waals surface area contributed by atoms with Crippen molar-refractivity contribution in [1.82, 2.24) is 0 Å². The first-order valence-electron chi connectivity index (χ1n) is 7.66. The summed E-state index contributed by atoms with van der Waals surface area (Å²) in [7, 11) is -0.611. The van der Waals surface area contributed by atoms with E-state index in [0.29, 0.717) is 11.3 Å². The number of carbonyl (C=O) groups is 1. The first-order valence-corrected chi connectivity index (χ1v) is 9.44. The van der Waals surface area contributed by atoms with Gasteiger partial charge in [0.05, 0.1) is 11.2 Å². The molecule has 1 saturated heterocycles. The topological polar surface area (TPSA) is 35.5 Å². The van der Waals surface area contributed by atoms with Crippen LogP contribution in [0.1, 0.15) is 40.2 Å². The van der Waals surface area contributed by atoms with E-state index in [4.69, 9.17) is 9.31 Å². The Hall–Kier alpha value is -0.625. The van der Waals surface area contributed by atoms with Crippen molar-refractivity contribution in [2.75, 3.05) is 5.75 Å². The van der Waals surface area contributed by atoms with Crippen LogP contribution in [0, 0.1) is 5.82 Å². The van der Waals surface area contributed by atoms with Gasteiger partial charge in [-0.1, -0.05) is 33.8 Å². The Morgan fingerprint density at radius 1 is 1.29 bits per heavy atom. The molecule has 1 heterocycles. The predicted octanol–water partition coefficient (Wildman–Crippen LogP) is 4.88. The summed E-state index contributed by atoms with van der Waals surface area (Å²) >= 11 is 4.50. The fourth-order valence-electron chi connectivity index (χ4n) is 2.18. The summed E-state index contributed by atoms with van der Waals surface area (Å²) in [6, 6.07) is 4.74. The second kappa shape index (κ2) is 7.32. The zero-order chi connectivity index (χ0) is 18.1. The smallest absolute Gasteiger partial charge is 0.400 e. The lowest BCUT2D eigenvalue weighted by Crippen LogP contribution is -2.41. The molecule has 0 unspecified atom stereocenters. The molecule has 0 aromatic heterocycles. The second-order valence-corrected chi connectivity index (χ2v) is 8.82. The lowest BCUT2D eigenvalue weighted by atomic mass is 9.78. The molecule has 24 heavy (non-hydrogen) atoms. The molecule has 0 amide bonds. The monoisotopic (exact) mass is 414 g/mol. The molecule has 3 nitrogen and oxygen atoms in total. The van der Waals surface area contributed by atoms with Crippen LogP contribution in [0.4, 0.5) is 4.39 Å². The molecule has 2 rings (SSSR count). The molecular formula is C17H21BBrFO3S. The van der Waals surface area contributed by atoms with E-state index in [1.807, 2.05) is 27.7 Å². The van der Waals surface area contributed by atoms with Gasteiger partial charge in [-0.05, 0) is 51.4 Å². The zero-order valence-electron chi connectivity index (χ0n) is 14.5. The molecule has 0 spiro atoms. The number of halogens is 2. The van der Waals surface area contributed by atoms with Crippen LogP contribution in [0.2, 0.25) is 0 Å². The maximum absolute atomic E-state index is 14.1. The quantitative estimate of drug-likeness (QED) is 0.657. The van der Waals surface area contributed by atoms with Crippen LogP contribution in [0.15, 0.2) is 28.1 Å². The average Bonchev–Trinajstić information content (AvgIpc) is 2.66. The number of benzene rings is 1. The van der Waals surface area contributed by atoms with Gasteiger partial charge in [-0.3, -0.25) is 4.79 Å². The fraction of sp³-hybridized carbons (Fsp3) is 0.471. The maximum Gasteiger partial charge on any atom is 0.491 e. The SMILES string of the molecule is CC(=O)SCC(=Cc1cc(Br)ccc1F)B1OC(C)(C)C(C)(C)O1. The molecule has 1 aliphatic rings. The first kappa shape index (κ1) is 19.7. The maximum atomic E-state index is 14.1. The number of rotatable bonds is 4. The van der Waals surface area contributed by atoms with Gasteiger partial charge in [-0.2, -0.15) is 0 Å². The van der Waals surface area contributed by atoms with Gasteiger partial charge in [0, 0.05) is 22.7 Å². The summed E-state index contributed by atoms with van der Waals surface area (Å²) in [4.78, 5) is 11.4. The minimum Gasteiger partial charge on any atom is -0.400 e. The van der Waals surface area contributed by atoms with Crippen molar-refractivity contribution in [3.8, 4) is 0 Å². The molecule has 1 aliphatic heterocycles. The van der Waals surface area contributed by atoms with Crippen molar-refractivity contribution in [3.05, 3.63) is 39.5 Å². The highest BCUT2D eigenvalue weighted by atomic mass is 79.9. The molecule has 0 saturated carbocycles. The van der Waals surface area contributed by atoms with Crippen LogP contribution in [0.5, 0.6) is 0 Å². The van der Waals surface area contributed by atoms with Gasteiger partial charge in [0.25, 0.3) is 0 Å². The Bertz CT molecular complexity index is 660. The van der Waals surface area contributed by atoms with Gasteiger partial charge in [0.1, 0.15) is 5.82 Å². The van der Waals surface area contributed by atoms with Crippen molar-refractivity contribution in [2.24, 2.45) is 0 Å². The molecule has 0 radical (unpaired) electrons. The van der Waals surface area contributed by atoms with Crippen molar-refractivity contribution >= 4 is 46.0 Å². The Balaban J connectivity index is 2.37. The number of hydrogen-bond acceptors (Lipinski definition) is 4. The van der Waals surface area contributed by atoms with Crippen molar-refractivity contribution in [3.63, 3.8) is 0 Å². The van der Waals surface area contributed by atoms with E-state index in [0.717, 1.165) is 21.7 Å². The van der Waals surface area contributed by atoms with E-state index >= 15 is 0 Å². The molecular weight excluding hydrogens is 394 g/mol. The van der Waals surface area contributed by atoms with Crippen LogP contribution in [-0.2, 0) is 14.1 Å². The number of thioether (sulfide) groups is 1. The van der Waals surface area contributed by atoms with Gasteiger partial charge in [-0.15, -0.1) is 0 Å². The number of hydrogen-bond donors (Lipinski definition) is 0. The summed E-state index contributed by atoms with van der Waals surface area (Å²) in [6.07, 6.45) is 1.71. The highest BCUT2D eigenvalue weighted by Gasteiger charge is 2.52. The Morgan fingerprint density at radius 3 is 2.42 bits per heavy atom. The lowest BCUT2D eigenvalue weighted by molar-refractivity contribution is -0.109. The van der Waals surface area contributed by atoms with Crippen molar-refractivity contribution in [1.29, 1.82) is 0 Å². The minimum absolute atomic E-state index is 0.00729. The van der Waals surface area contributed by atoms with Crippen LogP contribution < -0.4 is 0 Å². The van der Waals surface area contributed by atoms with Crippen LogP contribution >= 0.6 is 27.7 Å². The van der Waals surface area contributed by atoms with Gasteiger partial charge >= 0.3 is 7.12 Å². The predicted molar refractivity (Wildman–Crippen MR) is 101 cm³/mol. The third-order valence-corrected chi connectivity index (χ3v) is 5.67. The van der Waals surface area contributed by atoms with Crippen molar-refractivity contribution < 1.29 is 18.5 Å². The highest BCUT2D eigenvalue weighted by molar-refractivity contribution is 9.10. The minimum atomic E-state index is -0.611. The van der Waals surface area contributed by atoms with Crippen molar-refractivity contribution in [2.45, 2.75) is 45.8 Å². The lowest BCUT2D eigenvalue weighted by Gasteiger charge is -2.32. The largest absolute Gasteiger partial charge is 0.491 e. The van der Waals surface area contributed by atoms with Crippen LogP contribution in [0.3, 0.4) is 0 Å². The first-order chi connectivity index (χ1) is 11.0. The third-order valence-electron chi connectivity index (χ3n) is 4.30. The van der Waals surface area contributed by atoms with Gasteiger partial charge in [-0.25, -0.2) is 4.39 Å². The second-order valence-electron chi connectivity index (χ2n) is 6.75. The van der Waals surface area contributed by atoms with E-state index in [-0.39, 0.29) is 10.9 Å². The number of carbonyl (C=O) groups excluding carboxylic acids is 1. The molecule has 0 aliphatic carbocycles. The Kier molecular flexibility index (Phi) is 6.01. The summed E-state index contributed by atoms with van der Waals surface area (Å²) in [5, 5.41) is -0.00729. The molecule has 1 fully saturated rings. The highest BCUT2D eigenvalue weighted by Crippen LogP contribution is 2.39. The molecule has 1 aromatic rings. The van der Waals surface area contributed by atoms with Crippen LogP contribution in [-0.4, -0.2) is 29.2 Å². The summed E-state index contributed by atoms with van der Waals surface area (Å²) in [5.74, 6) is 0.0537. The zero-order valence-corrected chi connectivity index (χ0v) is 16.9. The van der Waals surface area contributed by atoms with E-state index in [9.17, 15) is 9.18 Å². The van der Waals surface area contributed by atoms with Crippen LogP contribution in [0.25, 0.3) is 6.08 Å². The average molecular weight is 415 g/mol. The molecule has 0 N–H and O–H groups in total. The van der Waals surface area contributed by atoms with Gasteiger partial charge < -0.3 is 9.31 Å². The molecule has 130 valence electrons. The van der Waals surface area contributed by atoms with Gasteiger partial charge in [0.2, 0.25) is 0 Å². The standard InChI is InChI=1S/C17H21BBrFO3S/c1-11(21)24-10-13(8-12-9-14(19)6-7-15(12)20)18-22-16(2,3)17(4,5)23-18/h6-9H,10H2,1-5H3. The third kappa shape index (κ3) is 4.51. The molecule has 0 bridgehead atoms. The van der Waals surface area contributed by atoms with E-state index in [1.165, 1.54) is 13.0 Å². The molecule has 0 atom stereocenters. The summed E-state index contributed by atoms with van der Waals surface area (Å²) < 4.78 is 27.0.